The molecule has 0 spiro atoms. The van der Waals surface area contributed by atoms with Gasteiger partial charge in [0.15, 0.2) is 0 Å². The van der Waals surface area contributed by atoms with Gasteiger partial charge in [-0.05, 0) is 92.9 Å². The minimum atomic E-state index is -3.34. The Balaban J connectivity index is 1.17. The lowest BCUT2D eigenvalue weighted by Gasteiger charge is -2.38. The maximum atomic E-state index is 13.5. The van der Waals surface area contributed by atoms with Crippen molar-refractivity contribution in [3.63, 3.8) is 0 Å². The highest BCUT2D eigenvalue weighted by Crippen LogP contribution is 2.26. The number of likely N-dealkylation sites (tertiary alicyclic amines) is 1. The smallest absolute Gasteiger partial charge is 0.322 e. The fraction of sp³-hybridized carbons (Fsp3) is 0.312. The molecule has 12 heteroatoms. The van der Waals surface area contributed by atoms with Gasteiger partial charge in [-0.2, -0.15) is 0 Å². The zero-order chi connectivity index (χ0) is 31.3. The van der Waals surface area contributed by atoms with E-state index in [2.05, 4.69) is 20.1 Å². The Morgan fingerprint density at radius 2 is 1.57 bits per heavy atom. The monoisotopic (exact) mass is 621 g/mol. The number of sulfonamides is 1. The van der Waals surface area contributed by atoms with E-state index in [0.717, 1.165) is 55.6 Å². The fourth-order valence-electron chi connectivity index (χ4n) is 5.24. The van der Waals surface area contributed by atoms with Gasteiger partial charge in [-0.15, -0.1) is 0 Å². The van der Waals surface area contributed by atoms with Crippen LogP contribution in [0.25, 0.3) is 0 Å². The quantitative estimate of drug-likeness (QED) is 0.214. The van der Waals surface area contributed by atoms with Crippen molar-refractivity contribution in [2.75, 3.05) is 29.4 Å². The third-order valence-corrected chi connectivity index (χ3v) is 8.19. The van der Waals surface area contributed by atoms with Crippen LogP contribution in [0.2, 0.25) is 0 Å². The van der Waals surface area contributed by atoms with Crippen LogP contribution < -0.4 is 14.8 Å². The molecule has 3 aromatic carbocycles. The summed E-state index contributed by atoms with van der Waals surface area (Å²) in [5.41, 5.74) is 3.80. The maximum Gasteiger partial charge on any atom is 0.322 e. The molecule has 0 bridgehead atoms. The van der Waals surface area contributed by atoms with Crippen molar-refractivity contribution in [3.8, 4) is 11.5 Å². The van der Waals surface area contributed by atoms with Crippen LogP contribution in [-0.4, -0.2) is 54.8 Å². The first-order valence-corrected chi connectivity index (χ1v) is 16.2. The summed E-state index contributed by atoms with van der Waals surface area (Å²) in [4.78, 5) is 17.7. The first-order chi connectivity index (χ1) is 21.0. The van der Waals surface area contributed by atoms with Gasteiger partial charge in [-0.3, -0.25) is 9.62 Å². The van der Waals surface area contributed by atoms with Crippen LogP contribution in [0, 0.1) is 19.7 Å². The van der Waals surface area contributed by atoms with Gasteiger partial charge in [-0.1, -0.05) is 17.3 Å². The van der Waals surface area contributed by atoms with Gasteiger partial charge in [0, 0.05) is 42.6 Å². The SMILES string of the molecule is Cc1noc(C)c1CN(C(=O)Nc1ccc(F)cc1)C1CCN(Cc2ccc(Oc3ccc(NS(C)(=O)=O)cc3)cc2)CC1. The van der Waals surface area contributed by atoms with Crippen molar-refractivity contribution in [1.29, 1.82) is 0 Å². The van der Waals surface area contributed by atoms with Crippen LogP contribution in [-0.2, 0) is 23.1 Å². The van der Waals surface area contributed by atoms with Crippen LogP contribution in [0.15, 0.2) is 77.3 Å². The molecule has 10 nitrogen and oxygen atoms in total. The third kappa shape index (κ3) is 8.35. The lowest BCUT2D eigenvalue weighted by molar-refractivity contribution is 0.119. The predicted molar refractivity (Wildman–Crippen MR) is 167 cm³/mol. The molecular formula is C32H36FN5O5S. The Labute approximate surface area is 256 Å². The Morgan fingerprint density at radius 3 is 2.14 bits per heavy atom. The summed E-state index contributed by atoms with van der Waals surface area (Å²) in [6.45, 7) is 6.49. The van der Waals surface area contributed by atoms with E-state index in [1.807, 2.05) is 43.0 Å². The number of benzene rings is 3. The van der Waals surface area contributed by atoms with Gasteiger partial charge in [0.25, 0.3) is 0 Å². The molecule has 2 heterocycles. The van der Waals surface area contributed by atoms with Crippen LogP contribution in [0.4, 0.5) is 20.6 Å². The Morgan fingerprint density at radius 1 is 0.977 bits per heavy atom. The first kappa shape index (κ1) is 31.0. The molecule has 0 saturated carbocycles. The summed E-state index contributed by atoms with van der Waals surface area (Å²) in [7, 11) is -3.34. The molecule has 0 unspecified atom stereocenters. The number of anilines is 2. The highest BCUT2D eigenvalue weighted by atomic mass is 32.2. The van der Waals surface area contributed by atoms with Crippen LogP contribution in [0.3, 0.4) is 0 Å². The number of ether oxygens (including phenoxy) is 1. The van der Waals surface area contributed by atoms with E-state index in [0.29, 0.717) is 35.2 Å². The summed E-state index contributed by atoms with van der Waals surface area (Å²) >= 11 is 0. The molecule has 0 atom stereocenters. The molecule has 2 N–H and O–H groups in total. The number of aryl methyl sites for hydroxylation is 2. The molecule has 1 aliphatic rings. The van der Waals surface area contributed by atoms with E-state index in [1.54, 1.807) is 36.4 Å². The van der Waals surface area contributed by atoms with Crippen molar-refractivity contribution in [2.45, 2.75) is 45.8 Å². The summed E-state index contributed by atoms with van der Waals surface area (Å²) < 4.78 is 49.9. The standard InChI is InChI=1S/C32H36FN5O5S/c1-22-31(23(2)43-35-22)21-38(32(39)34-26-8-6-25(33)7-9-26)28-16-18-37(19-17-28)20-24-4-12-29(13-5-24)42-30-14-10-27(11-15-30)36-44(3,40)41/h4-15,28,36H,16-21H2,1-3H3,(H,34,39). The van der Waals surface area contributed by atoms with Crippen molar-refractivity contribution in [1.82, 2.24) is 15.0 Å². The first-order valence-electron chi connectivity index (χ1n) is 14.3. The number of carbonyl (C=O) groups is 1. The van der Waals surface area contributed by atoms with Gasteiger partial charge in [0.1, 0.15) is 23.1 Å². The number of urea groups is 1. The number of nitrogens with one attached hydrogen (secondary N) is 2. The molecular weight excluding hydrogens is 585 g/mol. The van der Waals surface area contributed by atoms with Gasteiger partial charge >= 0.3 is 6.03 Å². The Hall–Kier alpha value is -4.42. The molecule has 4 aromatic rings. The summed E-state index contributed by atoms with van der Waals surface area (Å²) in [5, 5.41) is 6.98. The maximum absolute atomic E-state index is 13.5. The second kappa shape index (κ2) is 13.5. The number of hydrogen-bond acceptors (Lipinski definition) is 7. The van der Waals surface area contributed by atoms with Crippen molar-refractivity contribution in [2.24, 2.45) is 0 Å². The van der Waals surface area contributed by atoms with Gasteiger partial charge in [-0.25, -0.2) is 17.6 Å². The third-order valence-electron chi connectivity index (χ3n) is 7.59. The minimum absolute atomic E-state index is 0.00944. The Bertz CT molecular complexity index is 1650. The molecule has 1 aliphatic heterocycles. The Kier molecular flexibility index (Phi) is 9.50. The van der Waals surface area contributed by atoms with Crippen LogP contribution >= 0.6 is 0 Å². The number of carbonyl (C=O) groups excluding carboxylic acids is 1. The normalized spacial score (nSPS) is 14.3. The number of amides is 2. The second-order valence-corrected chi connectivity index (χ2v) is 12.8. The van der Waals surface area contributed by atoms with E-state index in [9.17, 15) is 17.6 Å². The zero-order valence-corrected chi connectivity index (χ0v) is 25.7. The van der Waals surface area contributed by atoms with Crippen LogP contribution in [0.1, 0.15) is 35.4 Å². The molecule has 5 rings (SSSR count). The largest absolute Gasteiger partial charge is 0.457 e. The molecule has 2 amide bonds. The number of nitrogens with zero attached hydrogens (tertiary/aromatic N) is 3. The molecule has 232 valence electrons. The summed E-state index contributed by atoms with van der Waals surface area (Å²) in [5.74, 6) is 1.61. The molecule has 44 heavy (non-hydrogen) atoms. The summed E-state index contributed by atoms with van der Waals surface area (Å²) in [6.07, 6.45) is 2.70. The molecule has 0 radical (unpaired) electrons. The number of piperidine rings is 1. The van der Waals surface area contributed by atoms with Gasteiger partial charge < -0.3 is 19.5 Å². The van der Waals surface area contributed by atoms with Gasteiger partial charge in [0.2, 0.25) is 10.0 Å². The summed E-state index contributed by atoms with van der Waals surface area (Å²) in [6, 6.07) is 20.1. The van der Waals surface area contributed by atoms with Crippen molar-refractivity contribution < 1.29 is 26.9 Å². The molecule has 0 aliphatic carbocycles. The number of rotatable bonds is 10. The van der Waals surface area contributed by atoms with Crippen molar-refractivity contribution in [3.05, 3.63) is 101 Å². The van der Waals surface area contributed by atoms with E-state index in [4.69, 9.17) is 9.26 Å². The lowest BCUT2D eigenvalue weighted by atomic mass is 10.0. The minimum Gasteiger partial charge on any atom is -0.457 e. The number of aromatic nitrogens is 1. The van der Waals surface area contributed by atoms with Crippen LogP contribution in [0.5, 0.6) is 11.5 Å². The average Bonchev–Trinajstić information content (AvgIpc) is 3.31. The van der Waals surface area contributed by atoms with Gasteiger partial charge in [0.05, 0.1) is 18.5 Å². The van der Waals surface area contributed by atoms with E-state index >= 15 is 0 Å². The lowest BCUT2D eigenvalue weighted by Crippen LogP contribution is -2.48. The van der Waals surface area contributed by atoms with E-state index < -0.39 is 10.0 Å². The number of halogens is 1. The topological polar surface area (TPSA) is 117 Å². The second-order valence-electron chi connectivity index (χ2n) is 11.0. The highest BCUT2D eigenvalue weighted by Gasteiger charge is 2.30. The van der Waals surface area contributed by atoms with Crippen molar-refractivity contribution >= 4 is 27.4 Å². The fourth-order valence-corrected chi connectivity index (χ4v) is 5.81. The van der Waals surface area contributed by atoms with E-state index in [-0.39, 0.29) is 17.9 Å². The van der Waals surface area contributed by atoms with E-state index in [1.165, 1.54) is 12.1 Å². The number of hydrogen-bond donors (Lipinski definition) is 2. The predicted octanol–water partition coefficient (Wildman–Crippen LogP) is 6.29. The molecule has 1 saturated heterocycles. The highest BCUT2D eigenvalue weighted by molar-refractivity contribution is 7.92. The molecule has 1 fully saturated rings. The average molecular weight is 622 g/mol. The molecule has 1 aromatic heterocycles. The zero-order valence-electron chi connectivity index (χ0n) is 24.9.